The second-order valence-electron chi connectivity index (χ2n) is 5.13. The molecule has 1 aromatic heterocycles. The Kier molecular flexibility index (Phi) is 4.99. The van der Waals surface area contributed by atoms with Crippen LogP contribution in [0.4, 0.5) is 5.69 Å². The lowest BCUT2D eigenvalue weighted by Gasteiger charge is -2.15. The fraction of sp³-hybridized carbons (Fsp3) is 0.692. The molecule has 0 saturated heterocycles. The van der Waals surface area contributed by atoms with Crippen LogP contribution in [-0.2, 0) is 6.54 Å². The number of anilines is 1. The number of likely N-dealkylation sites (N-methyl/N-ethyl adjacent to an activating group) is 1. The highest BCUT2D eigenvalue weighted by molar-refractivity contribution is 9.10. The van der Waals surface area contributed by atoms with Crippen molar-refractivity contribution in [2.75, 3.05) is 32.0 Å². The maximum atomic E-state index is 12.1. The van der Waals surface area contributed by atoms with Crippen LogP contribution in [0.15, 0.2) is 15.5 Å². The van der Waals surface area contributed by atoms with Gasteiger partial charge >= 0.3 is 0 Å². The van der Waals surface area contributed by atoms with E-state index in [1.165, 1.54) is 12.8 Å². The van der Waals surface area contributed by atoms with Gasteiger partial charge in [0.1, 0.15) is 4.47 Å². The van der Waals surface area contributed by atoms with Crippen molar-refractivity contribution in [1.82, 2.24) is 14.7 Å². The normalized spacial score (nSPS) is 14.9. The molecule has 6 heteroatoms. The van der Waals surface area contributed by atoms with Gasteiger partial charge in [-0.2, -0.15) is 5.10 Å². The molecule has 0 radical (unpaired) electrons. The van der Waals surface area contributed by atoms with Gasteiger partial charge in [-0.3, -0.25) is 4.79 Å². The summed E-state index contributed by atoms with van der Waals surface area (Å²) in [5.41, 5.74) is 0.738. The zero-order valence-electron chi connectivity index (χ0n) is 11.5. The van der Waals surface area contributed by atoms with Crippen molar-refractivity contribution < 1.29 is 0 Å². The van der Waals surface area contributed by atoms with E-state index in [4.69, 9.17) is 0 Å². The number of hydrogen-bond acceptors (Lipinski definition) is 4. The van der Waals surface area contributed by atoms with Crippen LogP contribution in [0.1, 0.15) is 19.8 Å². The molecule has 2 rings (SSSR count). The Labute approximate surface area is 122 Å². The van der Waals surface area contributed by atoms with Gasteiger partial charge in [-0.15, -0.1) is 0 Å². The van der Waals surface area contributed by atoms with Gasteiger partial charge in [-0.05, 0) is 48.3 Å². The van der Waals surface area contributed by atoms with Crippen LogP contribution in [-0.4, -0.2) is 41.4 Å². The third-order valence-corrected chi connectivity index (χ3v) is 4.23. The highest BCUT2D eigenvalue weighted by atomic mass is 79.9. The van der Waals surface area contributed by atoms with E-state index < -0.39 is 0 Å². The molecule has 106 valence electrons. The molecule has 1 aromatic rings. The molecule has 0 bridgehead atoms. The third kappa shape index (κ3) is 4.04. The van der Waals surface area contributed by atoms with Crippen LogP contribution in [0.2, 0.25) is 0 Å². The minimum Gasteiger partial charge on any atom is -0.381 e. The van der Waals surface area contributed by atoms with Crippen molar-refractivity contribution in [2.45, 2.75) is 26.3 Å². The predicted molar refractivity (Wildman–Crippen MR) is 80.6 cm³/mol. The minimum absolute atomic E-state index is 0.0410. The molecule has 0 aliphatic heterocycles. The molecule has 19 heavy (non-hydrogen) atoms. The monoisotopic (exact) mass is 328 g/mol. The van der Waals surface area contributed by atoms with E-state index in [2.05, 4.69) is 45.2 Å². The van der Waals surface area contributed by atoms with Crippen LogP contribution in [0, 0.1) is 5.92 Å². The smallest absolute Gasteiger partial charge is 0.283 e. The van der Waals surface area contributed by atoms with Crippen molar-refractivity contribution in [1.29, 1.82) is 0 Å². The van der Waals surface area contributed by atoms with Crippen molar-refractivity contribution in [3.63, 3.8) is 0 Å². The van der Waals surface area contributed by atoms with Crippen LogP contribution < -0.4 is 10.9 Å². The first-order valence-electron chi connectivity index (χ1n) is 6.79. The summed E-state index contributed by atoms with van der Waals surface area (Å²) in [6, 6.07) is 0. The minimum atomic E-state index is -0.0410. The molecular weight excluding hydrogens is 308 g/mol. The molecule has 1 fully saturated rings. The lowest BCUT2D eigenvalue weighted by Crippen LogP contribution is -2.28. The van der Waals surface area contributed by atoms with E-state index in [0.29, 0.717) is 10.4 Å². The summed E-state index contributed by atoms with van der Waals surface area (Å²) in [6.45, 7) is 5.63. The van der Waals surface area contributed by atoms with Crippen LogP contribution in [0.25, 0.3) is 0 Å². The average Bonchev–Trinajstić information content (AvgIpc) is 3.21. The lowest BCUT2D eigenvalue weighted by atomic mass is 10.4. The molecule has 1 heterocycles. The van der Waals surface area contributed by atoms with Crippen LogP contribution in [0.5, 0.6) is 0 Å². The van der Waals surface area contributed by atoms with Gasteiger partial charge in [0.25, 0.3) is 5.56 Å². The summed E-state index contributed by atoms with van der Waals surface area (Å²) < 4.78 is 2.15. The van der Waals surface area contributed by atoms with Crippen LogP contribution in [0.3, 0.4) is 0 Å². The van der Waals surface area contributed by atoms with Crippen molar-refractivity contribution in [3.05, 3.63) is 21.0 Å². The van der Waals surface area contributed by atoms with Crippen molar-refractivity contribution >= 4 is 21.6 Å². The topological polar surface area (TPSA) is 50.2 Å². The Balaban J connectivity index is 1.97. The predicted octanol–water partition coefficient (Wildman–Crippen LogP) is 1.78. The van der Waals surface area contributed by atoms with Gasteiger partial charge in [-0.25, -0.2) is 4.68 Å². The Morgan fingerprint density at radius 2 is 2.32 bits per heavy atom. The largest absolute Gasteiger partial charge is 0.381 e. The molecule has 1 aliphatic carbocycles. The standard InChI is InChI=1S/C13H21BrN4O/c1-3-17(2)7-6-15-11-8-16-18(9-10-4-5-10)13(19)12(11)14/h8,10,15H,3-7,9H2,1-2H3. The average molecular weight is 329 g/mol. The third-order valence-electron chi connectivity index (χ3n) is 3.46. The maximum Gasteiger partial charge on any atom is 0.283 e. The van der Waals surface area contributed by atoms with Gasteiger partial charge in [0.2, 0.25) is 0 Å². The second-order valence-corrected chi connectivity index (χ2v) is 5.92. The SMILES string of the molecule is CCN(C)CCNc1cnn(CC2CC2)c(=O)c1Br. The molecule has 0 unspecified atom stereocenters. The summed E-state index contributed by atoms with van der Waals surface area (Å²) in [5.74, 6) is 0.647. The zero-order chi connectivity index (χ0) is 13.8. The van der Waals surface area contributed by atoms with Gasteiger partial charge < -0.3 is 10.2 Å². The quantitative estimate of drug-likeness (QED) is 0.828. The summed E-state index contributed by atoms with van der Waals surface area (Å²) in [5, 5.41) is 7.49. The Bertz CT molecular complexity index is 484. The zero-order valence-corrected chi connectivity index (χ0v) is 13.1. The van der Waals surface area contributed by atoms with Gasteiger partial charge in [-0.1, -0.05) is 6.92 Å². The number of nitrogens with zero attached hydrogens (tertiary/aromatic N) is 3. The first-order chi connectivity index (χ1) is 9.11. The van der Waals surface area contributed by atoms with E-state index in [0.717, 1.165) is 31.9 Å². The van der Waals surface area contributed by atoms with Crippen molar-refractivity contribution in [2.24, 2.45) is 5.92 Å². The first kappa shape index (κ1) is 14.5. The molecule has 0 atom stereocenters. The summed E-state index contributed by atoms with van der Waals surface area (Å²) in [7, 11) is 2.07. The lowest BCUT2D eigenvalue weighted by molar-refractivity contribution is 0.367. The molecule has 1 aliphatic rings. The molecule has 0 aromatic carbocycles. The van der Waals surface area contributed by atoms with Gasteiger partial charge in [0.05, 0.1) is 11.9 Å². The highest BCUT2D eigenvalue weighted by Gasteiger charge is 2.23. The fourth-order valence-electron chi connectivity index (χ4n) is 1.80. The number of halogens is 1. The Morgan fingerprint density at radius 1 is 1.58 bits per heavy atom. The molecular formula is C13H21BrN4O. The Morgan fingerprint density at radius 3 is 2.95 bits per heavy atom. The summed E-state index contributed by atoms with van der Waals surface area (Å²) in [6.07, 6.45) is 4.17. The Hall–Kier alpha value is -0.880. The van der Waals surface area contributed by atoms with Gasteiger partial charge in [0.15, 0.2) is 0 Å². The molecule has 0 spiro atoms. The molecule has 1 saturated carbocycles. The first-order valence-corrected chi connectivity index (χ1v) is 7.59. The van der Waals surface area contributed by atoms with E-state index in [1.54, 1.807) is 10.9 Å². The summed E-state index contributed by atoms with van der Waals surface area (Å²) in [4.78, 5) is 14.3. The molecule has 1 N–H and O–H groups in total. The molecule has 5 nitrogen and oxygen atoms in total. The highest BCUT2D eigenvalue weighted by Crippen LogP contribution is 2.30. The number of aromatic nitrogens is 2. The van der Waals surface area contributed by atoms with Crippen molar-refractivity contribution in [3.8, 4) is 0 Å². The number of hydrogen-bond donors (Lipinski definition) is 1. The fourth-order valence-corrected chi connectivity index (χ4v) is 2.25. The van der Waals surface area contributed by atoms with Crippen LogP contribution >= 0.6 is 15.9 Å². The molecule has 0 amide bonds. The maximum absolute atomic E-state index is 12.1. The van der Waals surface area contributed by atoms with E-state index in [9.17, 15) is 4.79 Å². The van der Waals surface area contributed by atoms with E-state index in [1.807, 2.05) is 0 Å². The number of rotatable bonds is 7. The summed E-state index contributed by atoms with van der Waals surface area (Å²) >= 11 is 3.38. The number of nitrogens with one attached hydrogen (secondary N) is 1. The van der Waals surface area contributed by atoms with Gasteiger partial charge in [0, 0.05) is 19.6 Å². The van der Waals surface area contributed by atoms with E-state index in [-0.39, 0.29) is 5.56 Å². The second kappa shape index (κ2) is 6.52. The van der Waals surface area contributed by atoms with E-state index >= 15 is 0 Å².